The van der Waals surface area contributed by atoms with Crippen molar-refractivity contribution in [2.24, 2.45) is 0 Å². The van der Waals surface area contributed by atoms with Crippen molar-refractivity contribution in [2.45, 2.75) is 38.8 Å². The summed E-state index contributed by atoms with van der Waals surface area (Å²) < 4.78 is 27.1. The summed E-state index contributed by atoms with van der Waals surface area (Å²) in [6.07, 6.45) is 1.61. The maximum atomic E-state index is 12.1. The number of hydrogen-bond donors (Lipinski definition) is 1. The van der Waals surface area contributed by atoms with Gasteiger partial charge in [0.15, 0.2) is 0 Å². The molecule has 1 N–H and O–H groups in total. The van der Waals surface area contributed by atoms with Crippen molar-refractivity contribution < 1.29 is 13.5 Å². The van der Waals surface area contributed by atoms with Crippen LogP contribution >= 0.6 is 0 Å². The SMILES string of the molecule is CN(C)S(=O)(=O)N1CCN(Cc2ccc(CCC(C)(C)O)cc2)CC1. The second-order valence-corrected chi connectivity index (χ2v) is 9.74. The maximum Gasteiger partial charge on any atom is 0.281 e. The molecule has 6 nitrogen and oxygen atoms in total. The number of rotatable bonds is 7. The van der Waals surface area contributed by atoms with Gasteiger partial charge in [-0.3, -0.25) is 4.90 Å². The average Bonchev–Trinajstić information content (AvgIpc) is 2.54. The molecule has 1 fully saturated rings. The first kappa shape index (κ1) is 20.3. The minimum Gasteiger partial charge on any atom is -0.390 e. The Hall–Kier alpha value is -0.990. The molecular formula is C18H31N3O3S. The van der Waals surface area contributed by atoms with Crippen LogP contribution in [0.4, 0.5) is 0 Å². The van der Waals surface area contributed by atoms with Crippen LogP contribution in [0.15, 0.2) is 24.3 Å². The molecule has 1 saturated heterocycles. The molecule has 0 aliphatic carbocycles. The van der Waals surface area contributed by atoms with Gasteiger partial charge in [0.1, 0.15) is 0 Å². The van der Waals surface area contributed by atoms with Crippen molar-refractivity contribution in [1.82, 2.24) is 13.5 Å². The molecule has 0 atom stereocenters. The van der Waals surface area contributed by atoms with E-state index in [1.807, 2.05) is 13.8 Å². The summed E-state index contributed by atoms with van der Waals surface area (Å²) in [5.41, 5.74) is 1.83. The molecule has 0 unspecified atom stereocenters. The summed E-state index contributed by atoms with van der Waals surface area (Å²) in [5, 5.41) is 9.81. The Morgan fingerprint density at radius 1 is 1.04 bits per heavy atom. The number of aliphatic hydroxyl groups is 1. The van der Waals surface area contributed by atoms with Crippen LogP contribution in [0.2, 0.25) is 0 Å². The van der Waals surface area contributed by atoms with Gasteiger partial charge in [-0.2, -0.15) is 17.0 Å². The maximum absolute atomic E-state index is 12.1. The normalized spacial score (nSPS) is 18.0. The van der Waals surface area contributed by atoms with Crippen LogP contribution in [0.1, 0.15) is 31.4 Å². The highest BCUT2D eigenvalue weighted by atomic mass is 32.2. The molecule has 1 aromatic carbocycles. The van der Waals surface area contributed by atoms with Crippen molar-refractivity contribution in [3.8, 4) is 0 Å². The van der Waals surface area contributed by atoms with Gasteiger partial charge in [-0.25, -0.2) is 0 Å². The van der Waals surface area contributed by atoms with Gasteiger partial charge >= 0.3 is 0 Å². The Kier molecular flexibility index (Phi) is 6.62. The van der Waals surface area contributed by atoms with Crippen LogP contribution in [-0.4, -0.2) is 72.9 Å². The highest BCUT2D eigenvalue weighted by Gasteiger charge is 2.28. The zero-order valence-corrected chi connectivity index (χ0v) is 16.6. The zero-order chi connectivity index (χ0) is 18.7. The van der Waals surface area contributed by atoms with Gasteiger partial charge < -0.3 is 5.11 Å². The Balaban J connectivity index is 1.84. The van der Waals surface area contributed by atoms with E-state index in [9.17, 15) is 13.5 Å². The number of benzene rings is 1. The standard InChI is InChI=1S/C18H31N3O3S/c1-18(2,22)10-9-16-5-7-17(8-6-16)15-20-11-13-21(14-12-20)25(23,24)19(3)4/h5-8,22H,9-15H2,1-4H3. The lowest BCUT2D eigenvalue weighted by molar-refractivity contribution is 0.0714. The monoisotopic (exact) mass is 369 g/mol. The fourth-order valence-corrected chi connectivity index (χ4v) is 3.96. The summed E-state index contributed by atoms with van der Waals surface area (Å²) in [6.45, 7) is 7.05. The largest absolute Gasteiger partial charge is 0.390 e. The second-order valence-electron chi connectivity index (χ2n) is 7.59. The molecule has 1 aliphatic heterocycles. The van der Waals surface area contributed by atoms with E-state index < -0.39 is 15.8 Å². The Morgan fingerprint density at radius 2 is 1.56 bits per heavy atom. The molecule has 25 heavy (non-hydrogen) atoms. The molecule has 1 aliphatic rings. The molecule has 1 heterocycles. The van der Waals surface area contributed by atoms with Crippen molar-refractivity contribution in [1.29, 1.82) is 0 Å². The predicted molar refractivity (Wildman–Crippen MR) is 101 cm³/mol. The Bertz CT molecular complexity index is 643. The van der Waals surface area contributed by atoms with Gasteiger partial charge in [-0.15, -0.1) is 0 Å². The van der Waals surface area contributed by atoms with Gasteiger partial charge in [0.25, 0.3) is 10.2 Å². The Morgan fingerprint density at radius 3 is 2.04 bits per heavy atom. The van der Waals surface area contributed by atoms with Crippen molar-refractivity contribution in [3.05, 3.63) is 35.4 Å². The summed E-state index contributed by atoms with van der Waals surface area (Å²) >= 11 is 0. The molecule has 0 amide bonds. The predicted octanol–water partition coefficient (Wildman–Crippen LogP) is 1.31. The van der Waals surface area contributed by atoms with E-state index in [-0.39, 0.29) is 0 Å². The lowest BCUT2D eigenvalue weighted by Crippen LogP contribution is -2.51. The van der Waals surface area contributed by atoms with E-state index in [4.69, 9.17) is 0 Å². The van der Waals surface area contributed by atoms with Crippen molar-refractivity contribution >= 4 is 10.2 Å². The van der Waals surface area contributed by atoms with E-state index in [2.05, 4.69) is 29.2 Å². The van der Waals surface area contributed by atoms with Crippen LogP contribution in [0.5, 0.6) is 0 Å². The highest BCUT2D eigenvalue weighted by Crippen LogP contribution is 2.16. The smallest absolute Gasteiger partial charge is 0.281 e. The van der Waals surface area contributed by atoms with Gasteiger partial charge in [0.05, 0.1) is 5.60 Å². The molecule has 0 aromatic heterocycles. The topological polar surface area (TPSA) is 64.1 Å². The molecule has 0 bridgehead atoms. The summed E-state index contributed by atoms with van der Waals surface area (Å²) in [6, 6.07) is 8.49. The molecule has 2 rings (SSSR count). The minimum absolute atomic E-state index is 0.532. The van der Waals surface area contributed by atoms with E-state index >= 15 is 0 Å². The van der Waals surface area contributed by atoms with Gasteiger partial charge in [-0.1, -0.05) is 24.3 Å². The van der Waals surface area contributed by atoms with Crippen molar-refractivity contribution in [3.63, 3.8) is 0 Å². The first-order valence-corrected chi connectivity index (χ1v) is 10.2. The third-order valence-electron chi connectivity index (χ3n) is 4.57. The molecule has 0 spiro atoms. The van der Waals surface area contributed by atoms with Gasteiger partial charge in [-0.05, 0) is 37.8 Å². The van der Waals surface area contributed by atoms with E-state index in [1.54, 1.807) is 18.4 Å². The number of nitrogens with zero attached hydrogens (tertiary/aromatic N) is 3. The number of hydrogen-bond acceptors (Lipinski definition) is 4. The Labute approximate surface area is 152 Å². The molecule has 7 heteroatoms. The van der Waals surface area contributed by atoms with Crippen LogP contribution < -0.4 is 0 Å². The fourth-order valence-electron chi connectivity index (χ4n) is 2.87. The molecule has 0 radical (unpaired) electrons. The first-order chi connectivity index (χ1) is 11.6. The molecular weight excluding hydrogens is 338 g/mol. The van der Waals surface area contributed by atoms with Crippen LogP contribution in [-0.2, 0) is 23.2 Å². The summed E-state index contributed by atoms with van der Waals surface area (Å²) in [7, 11) is -0.160. The van der Waals surface area contributed by atoms with Crippen LogP contribution in [0, 0.1) is 0 Å². The van der Waals surface area contributed by atoms with Crippen LogP contribution in [0.25, 0.3) is 0 Å². The zero-order valence-electron chi connectivity index (χ0n) is 15.8. The number of aryl methyl sites for hydroxylation is 1. The minimum atomic E-state index is -3.30. The molecule has 1 aromatic rings. The molecule has 0 saturated carbocycles. The number of piperazine rings is 1. The van der Waals surface area contributed by atoms with Gasteiger partial charge in [0, 0.05) is 46.8 Å². The highest BCUT2D eigenvalue weighted by molar-refractivity contribution is 7.86. The fraction of sp³-hybridized carbons (Fsp3) is 0.667. The van der Waals surface area contributed by atoms with E-state index in [0.29, 0.717) is 13.1 Å². The second kappa shape index (κ2) is 8.14. The lowest BCUT2D eigenvalue weighted by atomic mass is 9.98. The summed E-state index contributed by atoms with van der Waals surface area (Å²) in [5.74, 6) is 0. The first-order valence-electron chi connectivity index (χ1n) is 8.78. The average molecular weight is 370 g/mol. The van der Waals surface area contributed by atoms with E-state index in [0.717, 1.165) is 32.5 Å². The van der Waals surface area contributed by atoms with E-state index in [1.165, 1.54) is 15.4 Å². The van der Waals surface area contributed by atoms with Crippen molar-refractivity contribution in [2.75, 3.05) is 40.3 Å². The lowest BCUT2D eigenvalue weighted by Gasteiger charge is -2.35. The summed E-state index contributed by atoms with van der Waals surface area (Å²) in [4.78, 5) is 2.29. The van der Waals surface area contributed by atoms with Gasteiger partial charge in [0.2, 0.25) is 0 Å². The van der Waals surface area contributed by atoms with Crippen LogP contribution in [0.3, 0.4) is 0 Å². The quantitative estimate of drug-likeness (QED) is 0.787. The molecule has 142 valence electrons. The third kappa shape index (κ3) is 6.04. The third-order valence-corrected chi connectivity index (χ3v) is 6.51.